The number of aromatic nitrogens is 2. The van der Waals surface area contributed by atoms with Gasteiger partial charge in [-0.3, -0.25) is 0 Å². The first kappa shape index (κ1) is 21.4. The molecule has 1 fully saturated rings. The molecular formula is C24H25F3N4. The summed E-state index contributed by atoms with van der Waals surface area (Å²) in [6.45, 7) is 3.25. The van der Waals surface area contributed by atoms with E-state index in [9.17, 15) is 18.4 Å². The minimum atomic E-state index is -4.26. The summed E-state index contributed by atoms with van der Waals surface area (Å²) in [7, 11) is 0. The summed E-state index contributed by atoms with van der Waals surface area (Å²) in [4.78, 5) is 4.70. The van der Waals surface area contributed by atoms with Crippen LogP contribution in [0, 0.1) is 18.3 Å². The van der Waals surface area contributed by atoms with Gasteiger partial charge in [-0.15, -0.1) is 0 Å². The van der Waals surface area contributed by atoms with Gasteiger partial charge in [-0.05, 0) is 55.9 Å². The van der Waals surface area contributed by atoms with Gasteiger partial charge in [-0.1, -0.05) is 24.3 Å². The molecule has 1 unspecified atom stereocenters. The van der Waals surface area contributed by atoms with Crippen LogP contribution in [0.2, 0.25) is 0 Å². The Kier molecular flexibility index (Phi) is 5.76. The Labute approximate surface area is 179 Å². The number of halogens is 3. The van der Waals surface area contributed by atoms with Gasteiger partial charge in [-0.2, -0.15) is 18.4 Å². The third kappa shape index (κ3) is 4.17. The fourth-order valence-electron chi connectivity index (χ4n) is 4.09. The van der Waals surface area contributed by atoms with Crippen molar-refractivity contribution in [2.24, 2.45) is 0 Å². The zero-order valence-corrected chi connectivity index (χ0v) is 17.6. The Morgan fingerprint density at radius 3 is 2.55 bits per heavy atom. The molecule has 162 valence electrons. The van der Waals surface area contributed by atoms with Crippen molar-refractivity contribution in [2.75, 3.05) is 0 Å². The van der Waals surface area contributed by atoms with Gasteiger partial charge in [0.1, 0.15) is 11.7 Å². The van der Waals surface area contributed by atoms with E-state index in [1.807, 2.05) is 37.4 Å². The van der Waals surface area contributed by atoms with Gasteiger partial charge < -0.3 is 9.88 Å². The number of pyridine rings is 1. The molecule has 0 amide bonds. The summed E-state index contributed by atoms with van der Waals surface area (Å²) in [5.74, 6) is 0. The second kappa shape index (κ2) is 8.35. The van der Waals surface area contributed by atoms with E-state index in [1.54, 1.807) is 0 Å². The highest BCUT2D eigenvalue weighted by Gasteiger charge is 2.35. The Morgan fingerprint density at radius 2 is 1.97 bits per heavy atom. The summed E-state index contributed by atoms with van der Waals surface area (Å²) in [5, 5.41) is 13.0. The first-order chi connectivity index (χ1) is 14.8. The van der Waals surface area contributed by atoms with Crippen molar-refractivity contribution in [2.45, 2.75) is 64.3 Å². The number of nitrogens with zero attached hydrogens (tertiary/aromatic N) is 3. The van der Waals surface area contributed by atoms with Crippen LogP contribution in [0.1, 0.15) is 48.9 Å². The van der Waals surface area contributed by atoms with E-state index in [4.69, 9.17) is 4.98 Å². The van der Waals surface area contributed by atoms with E-state index in [0.29, 0.717) is 6.04 Å². The molecule has 1 aromatic carbocycles. The first-order valence-electron chi connectivity index (χ1n) is 10.6. The van der Waals surface area contributed by atoms with Crippen LogP contribution in [-0.2, 0) is 13.0 Å². The number of rotatable bonds is 6. The van der Waals surface area contributed by atoms with Crippen molar-refractivity contribution in [1.82, 2.24) is 14.9 Å². The van der Waals surface area contributed by atoms with Crippen molar-refractivity contribution < 1.29 is 13.2 Å². The number of fused-ring (bicyclic) bond motifs is 1. The van der Waals surface area contributed by atoms with Gasteiger partial charge in [-0.25, -0.2) is 4.98 Å². The molecule has 3 aromatic rings. The van der Waals surface area contributed by atoms with Crippen LogP contribution >= 0.6 is 0 Å². The summed E-state index contributed by atoms with van der Waals surface area (Å²) in [6.07, 6.45) is 1.20. The standard InChI is InChI=1S/C24H25F3N4/c1-15-12-21-20(10-11-28)22(31(19-4-3-5-19)23(21)30-13-15)18-8-6-17(7-9-18)14-29-16(2)24(25,26)27/h6-9,12-13,16,19,29H,3-5,10,14H2,1-2H3. The highest BCUT2D eigenvalue weighted by Crippen LogP contribution is 2.42. The summed E-state index contributed by atoms with van der Waals surface area (Å²) >= 11 is 0. The molecule has 31 heavy (non-hydrogen) atoms. The van der Waals surface area contributed by atoms with Crippen LogP contribution in [0.4, 0.5) is 13.2 Å². The highest BCUT2D eigenvalue weighted by molar-refractivity contribution is 5.90. The first-order valence-corrected chi connectivity index (χ1v) is 10.6. The number of nitrogens with one attached hydrogen (secondary N) is 1. The number of hydrogen-bond acceptors (Lipinski definition) is 3. The maximum atomic E-state index is 12.7. The fourth-order valence-corrected chi connectivity index (χ4v) is 4.09. The average molecular weight is 426 g/mol. The molecular weight excluding hydrogens is 401 g/mol. The predicted octanol–water partition coefficient (Wildman–Crippen LogP) is 5.84. The second-order valence-corrected chi connectivity index (χ2v) is 8.34. The Balaban J connectivity index is 1.73. The van der Waals surface area contributed by atoms with Gasteiger partial charge in [0.05, 0.1) is 18.2 Å². The number of hydrogen-bond donors (Lipinski definition) is 1. The van der Waals surface area contributed by atoms with Crippen LogP contribution < -0.4 is 5.32 Å². The van der Waals surface area contributed by atoms with E-state index in [1.165, 1.54) is 6.42 Å². The van der Waals surface area contributed by atoms with Crippen molar-refractivity contribution in [1.29, 1.82) is 5.26 Å². The minimum absolute atomic E-state index is 0.137. The van der Waals surface area contributed by atoms with E-state index in [-0.39, 0.29) is 13.0 Å². The quantitative estimate of drug-likeness (QED) is 0.538. The normalized spacial score (nSPS) is 15.6. The molecule has 1 aliphatic carbocycles. The van der Waals surface area contributed by atoms with Crippen LogP contribution in [0.25, 0.3) is 22.3 Å². The van der Waals surface area contributed by atoms with Gasteiger partial charge >= 0.3 is 6.18 Å². The van der Waals surface area contributed by atoms with Gasteiger partial charge in [0, 0.05) is 29.7 Å². The molecule has 0 bridgehead atoms. The smallest absolute Gasteiger partial charge is 0.322 e. The molecule has 1 saturated carbocycles. The number of alkyl halides is 3. The molecule has 1 atom stereocenters. The molecule has 0 spiro atoms. The van der Waals surface area contributed by atoms with Crippen molar-refractivity contribution in [3.8, 4) is 17.3 Å². The van der Waals surface area contributed by atoms with Gasteiger partial charge in [0.15, 0.2) is 0 Å². The lowest BCUT2D eigenvalue weighted by Crippen LogP contribution is -2.39. The molecule has 2 heterocycles. The zero-order valence-electron chi connectivity index (χ0n) is 17.6. The number of aryl methyl sites for hydroxylation is 1. The summed E-state index contributed by atoms with van der Waals surface area (Å²) in [6, 6.07) is 10.7. The lowest BCUT2D eigenvalue weighted by atomic mass is 9.92. The van der Waals surface area contributed by atoms with Crippen LogP contribution in [-0.4, -0.2) is 21.8 Å². The highest BCUT2D eigenvalue weighted by atomic mass is 19.4. The fraction of sp³-hybridized carbons (Fsp3) is 0.417. The lowest BCUT2D eigenvalue weighted by molar-refractivity contribution is -0.151. The van der Waals surface area contributed by atoms with E-state index < -0.39 is 12.2 Å². The van der Waals surface area contributed by atoms with E-state index in [0.717, 1.165) is 58.7 Å². The monoisotopic (exact) mass is 426 g/mol. The van der Waals surface area contributed by atoms with E-state index in [2.05, 4.69) is 22.0 Å². The molecule has 1 aliphatic rings. The van der Waals surface area contributed by atoms with E-state index >= 15 is 0 Å². The molecule has 0 saturated heterocycles. The topological polar surface area (TPSA) is 53.6 Å². The molecule has 4 rings (SSSR count). The molecule has 4 nitrogen and oxygen atoms in total. The van der Waals surface area contributed by atoms with Crippen LogP contribution in [0.3, 0.4) is 0 Å². The molecule has 0 aliphatic heterocycles. The average Bonchev–Trinajstić information content (AvgIpc) is 2.98. The van der Waals surface area contributed by atoms with Gasteiger partial charge in [0.2, 0.25) is 0 Å². The SMILES string of the molecule is Cc1cnc2c(c1)c(CC#N)c(-c1ccc(CNC(C)C(F)(F)F)cc1)n2C1CCC1. The van der Waals surface area contributed by atoms with Crippen LogP contribution in [0.15, 0.2) is 36.5 Å². The maximum Gasteiger partial charge on any atom is 0.403 e. The zero-order chi connectivity index (χ0) is 22.2. The Bertz CT molecular complexity index is 1120. The molecule has 1 N–H and O–H groups in total. The predicted molar refractivity (Wildman–Crippen MR) is 114 cm³/mol. The third-order valence-corrected chi connectivity index (χ3v) is 6.11. The third-order valence-electron chi connectivity index (χ3n) is 6.11. The largest absolute Gasteiger partial charge is 0.403 e. The molecule has 7 heteroatoms. The lowest BCUT2D eigenvalue weighted by Gasteiger charge is -2.30. The number of nitriles is 1. The van der Waals surface area contributed by atoms with Crippen LogP contribution in [0.5, 0.6) is 0 Å². The van der Waals surface area contributed by atoms with Crippen molar-refractivity contribution in [3.05, 3.63) is 53.2 Å². The van der Waals surface area contributed by atoms with Gasteiger partial charge in [0.25, 0.3) is 0 Å². The molecule has 2 aromatic heterocycles. The Morgan fingerprint density at radius 1 is 1.26 bits per heavy atom. The van der Waals surface area contributed by atoms with Crippen molar-refractivity contribution in [3.63, 3.8) is 0 Å². The Hall–Kier alpha value is -2.85. The minimum Gasteiger partial charge on any atom is -0.322 e. The second-order valence-electron chi connectivity index (χ2n) is 8.34. The summed E-state index contributed by atoms with van der Waals surface area (Å²) < 4.78 is 40.5. The number of benzene rings is 1. The molecule has 0 radical (unpaired) electrons. The maximum absolute atomic E-state index is 12.7. The summed E-state index contributed by atoms with van der Waals surface area (Å²) in [5.41, 5.74) is 5.66. The van der Waals surface area contributed by atoms with Crippen molar-refractivity contribution >= 4 is 11.0 Å².